The van der Waals surface area contributed by atoms with Crippen molar-refractivity contribution in [3.63, 3.8) is 0 Å². The summed E-state index contributed by atoms with van der Waals surface area (Å²) in [4.78, 5) is 0. The highest BCUT2D eigenvalue weighted by Crippen LogP contribution is 2.42. The van der Waals surface area contributed by atoms with E-state index in [-0.39, 0.29) is 11.5 Å². The molecule has 0 heterocycles. The van der Waals surface area contributed by atoms with Crippen molar-refractivity contribution in [2.24, 2.45) is 5.92 Å². The zero-order valence-electron chi connectivity index (χ0n) is 20.9. The van der Waals surface area contributed by atoms with Gasteiger partial charge in [-0.15, -0.1) is 0 Å². The maximum atomic E-state index is 10.3. The van der Waals surface area contributed by atoms with E-state index in [4.69, 9.17) is 4.43 Å². The molecule has 0 aliphatic carbocycles. The van der Waals surface area contributed by atoms with Gasteiger partial charge in [0.1, 0.15) is 17.2 Å². The second kappa shape index (κ2) is 10.9. The lowest BCUT2D eigenvalue weighted by molar-refractivity contribution is 0.449. The minimum atomic E-state index is -1.98. The molecular weight excluding hydrogens is 412 g/mol. The Balaban J connectivity index is 2.30. The van der Waals surface area contributed by atoms with Gasteiger partial charge in [-0.25, -0.2) is 0 Å². The van der Waals surface area contributed by atoms with E-state index >= 15 is 0 Å². The quantitative estimate of drug-likeness (QED) is 0.296. The number of hydrogen-bond acceptors (Lipinski definition) is 3. The van der Waals surface area contributed by atoms with Gasteiger partial charge in [-0.3, -0.25) is 0 Å². The molecule has 0 atom stereocenters. The summed E-state index contributed by atoms with van der Waals surface area (Å²) in [6, 6.07) is 11.2. The average molecular weight is 453 g/mol. The largest absolute Gasteiger partial charge is 0.543 e. The highest BCUT2D eigenvalue weighted by atomic mass is 28.4. The Bertz CT molecular complexity index is 916. The second-order valence-corrected chi connectivity index (χ2v) is 15.3. The Labute approximate surface area is 195 Å². The normalized spacial score (nSPS) is 12.9. The lowest BCUT2D eigenvalue weighted by Crippen LogP contribution is -2.50. The number of allylic oxidation sites excluding steroid dienone is 1. The fourth-order valence-corrected chi connectivity index (χ4v) is 9.89. The number of rotatable bonds is 9. The number of benzene rings is 2. The van der Waals surface area contributed by atoms with Crippen LogP contribution in [0, 0.1) is 5.92 Å². The van der Waals surface area contributed by atoms with Crippen LogP contribution in [-0.2, 0) is 0 Å². The standard InChI is InChI=1S/C28H40O3Si/c1-19(2)9-16-27-24(17-25(29)18-28(27)30)13-10-23-11-14-26(15-12-23)31-32(20(3)4,21(5)6)22(7)8/h9-22,29-30H,1-8H3/b13-10+,16-9+. The van der Waals surface area contributed by atoms with Crippen molar-refractivity contribution in [1.82, 2.24) is 0 Å². The van der Waals surface area contributed by atoms with E-state index in [9.17, 15) is 10.2 Å². The first-order chi connectivity index (χ1) is 15.0. The van der Waals surface area contributed by atoms with Crippen LogP contribution in [0.4, 0.5) is 0 Å². The summed E-state index contributed by atoms with van der Waals surface area (Å²) in [5, 5.41) is 20.2. The zero-order chi connectivity index (χ0) is 24.1. The van der Waals surface area contributed by atoms with Gasteiger partial charge in [0.15, 0.2) is 0 Å². The molecule has 0 saturated carbocycles. The number of phenolic OH excluding ortho intramolecular Hbond substituents is 2. The number of hydrogen-bond donors (Lipinski definition) is 2. The Morgan fingerprint density at radius 3 is 1.81 bits per heavy atom. The summed E-state index contributed by atoms with van der Waals surface area (Å²) >= 11 is 0. The maximum absolute atomic E-state index is 10.3. The molecule has 2 aromatic carbocycles. The van der Waals surface area contributed by atoms with Crippen molar-refractivity contribution >= 4 is 26.5 Å². The molecule has 2 aromatic rings. The van der Waals surface area contributed by atoms with Gasteiger partial charge in [0.25, 0.3) is 8.32 Å². The van der Waals surface area contributed by atoms with E-state index in [1.807, 2.05) is 36.4 Å². The molecule has 0 spiro atoms. The molecule has 0 amide bonds. The van der Waals surface area contributed by atoms with Crippen LogP contribution in [-0.4, -0.2) is 18.5 Å². The van der Waals surface area contributed by atoms with E-state index in [2.05, 4.69) is 67.5 Å². The Morgan fingerprint density at radius 1 is 0.750 bits per heavy atom. The first-order valence-corrected chi connectivity index (χ1v) is 13.8. The molecule has 174 valence electrons. The van der Waals surface area contributed by atoms with Crippen LogP contribution in [0.1, 0.15) is 72.1 Å². The first-order valence-electron chi connectivity index (χ1n) is 11.7. The van der Waals surface area contributed by atoms with Crippen LogP contribution in [0.25, 0.3) is 18.2 Å². The lowest BCUT2D eigenvalue weighted by atomic mass is 10.0. The first kappa shape index (κ1) is 25.8. The van der Waals surface area contributed by atoms with Gasteiger partial charge in [0.2, 0.25) is 0 Å². The molecular formula is C28H40O3Si. The fourth-order valence-electron chi connectivity index (χ4n) is 4.64. The van der Waals surface area contributed by atoms with Gasteiger partial charge in [0.05, 0.1) is 0 Å². The van der Waals surface area contributed by atoms with Gasteiger partial charge in [-0.1, -0.05) is 91.8 Å². The topological polar surface area (TPSA) is 49.7 Å². The molecule has 0 aliphatic heterocycles. The van der Waals surface area contributed by atoms with Crippen molar-refractivity contribution in [3.05, 3.63) is 59.2 Å². The van der Waals surface area contributed by atoms with Crippen LogP contribution < -0.4 is 4.43 Å². The average Bonchev–Trinajstić information content (AvgIpc) is 2.69. The van der Waals surface area contributed by atoms with E-state index < -0.39 is 8.32 Å². The van der Waals surface area contributed by atoms with E-state index in [1.165, 1.54) is 6.07 Å². The minimum Gasteiger partial charge on any atom is -0.543 e. The van der Waals surface area contributed by atoms with E-state index in [0.29, 0.717) is 28.1 Å². The van der Waals surface area contributed by atoms with Gasteiger partial charge in [0, 0.05) is 11.6 Å². The third-order valence-electron chi connectivity index (χ3n) is 6.16. The maximum Gasteiger partial charge on any atom is 0.258 e. The molecule has 2 rings (SSSR count). The summed E-state index contributed by atoms with van der Waals surface area (Å²) in [5.74, 6) is 1.42. The summed E-state index contributed by atoms with van der Waals surface area (Å²) in [5.41, 5.74) is 4.08. The molecule has 0 saturated heterocycles. The van der Waals surface area contributed by atoms with Gasteiger partial charge >= 0.3 is 0 Å². The zero-order valence-corrected chi connectivity index (χ0v) is 21.9. The third-order valence-corrected chi connectivity index (χ3v) is 12.2. The van der Waals surface area contributed by atoms with E-state index in [0.717, 1.165) is 16.9 Å². The number of phenols is 2. The molecule has 0 aliphatic rings. The van der Waals surface area contributed by atoms with Crippen molar-refractivity contribution in [2.75, 3.05) is 0 Å². The van der Waals surface area contributed by atoms with Gasteiger partial charge in [-0.2, -0.15) is 0 Å². The fraction of sp³-hybridized carbons (Fsp3) is 0.429. The van der Waals surface area contributed by atoms with Crippen LogP contribution >= 0.6 is 0 Å². The van der Waals surface area contributed by atoms with Crippen molar-refractivity contribution in [3.8, 4) is 17.2 Å². The molecule has 0 radical (unpaired) electrons. The van der Waals surface area contributed by atoms with Crippen LogP contribution in [0.15, 0.2) is 42.5 Å². The summed E-state index contributed by atoms with van der Waals surface area (Å²) in [6.45, 7) is 17.9. The monoisotopic (exact) mass is 452 g/mol. The molecule has 2 N–H and O–H groups in total. The highest BCUT2D eigenvalue weighted by Gasteiger charge is 2.46. The molecule has 4 heteroatoms. The summed E-state index contributed by atoms with van der Waals surface area (Å²) in [6.07, 6.45) is 7.85. The summed E-state index contributed by atoms with van der Waals surface area (Å²) < 4.78 is 6.75. The highest BCUT2D eigenvalue weighted by molar-refractivity contribution is 6.78. The lowest BCUT2D eigenvalue weighted by Gasteiger charge is -2.42. The van der Waals surface area contributed by atoms with Crippen molar-refractivity contribution in [2.45, 2.75) is 72.0 Å². The van der Waals surface area contributed by atoms with Crippen LogP contribution in [0.3, 0.4) is 0 Å². The van der Waals surface area contributed by atoms with Crippen molar-refractivity contribution < 1.29 is 14.6 Å². The van der Waals surface area contributed by atoms with Crippen LogP contribution in [0.2, 0.25) is 16.6 Å². The predicted molar refractivity (Wildman–Crippen MR) is 141 cm³/mol. The molecule has 0 bridgehead atoms. The molecule has 32 heavy (non-hydrogen) atoms. The van der Waals surface area contributed by atoms with Crippen molar-refractivity contribution in [1.29, 1.82) is 0 Å². The molecule has 0 aromatic heterocycles. The van der Waals surface area contributed by atoms with E-state index in [1.54, 1.807) is 6.07 Å². The van der Waals surface area contributed by atoms with Gasteiger partial charge in [-0.05, 0) is 51.9 Å². The predicted octanol–water partition coefficient (Wildman–Crippen LogP) is 8.49. The minimum absolute atomic E-state index is 0.0462. The van der Waals surface area contributed by atoms with Gasteiger partial charge < -0.3 is 14.6 Å². The second-order valence-electron chi connectivity index (χ2n) is 9.89. The Kier molecular flexibility index (Phi) is 8.79. The number of aromatic hydroxyl groups is 2. The molecule has 0 fully saturated rings. The van der Waals surface area contributed by atoms with Crippen LogP contribution in [0.5, 0.6) is 17.2 Å². The Morgan fingerprint density at radius 2 is 1.31 bits per heavy atom. The SMILES string of the molecule is CC(C)/C=C/c1c(O)cc(O)cc1/C=C/c1ccc(O[Si](C(C)C)(C(C)C)C(C)C)cc1. The Hall–Kier alpha value is -2.46. The summed E-state index contributed by atoms with van der Waals surface area (Å²) in [7, 11) is -1.98. The third kappa shape index (κ3) is 6.07. The smallest absolute Gasteiger partial charge is 0.258 e. The molecule has 3 nitrogen and oxygen atoms in total. The molecule has 0 unspecified atom stereocenters.